The van der Waals surface area contributed by atoms with Crippen molar-refractivity contribution in [3.8, 4) is 5.75 Å². The fourth-order valence-electron chi connectivity index (χ4n) is 1.58. The van der Waals surface area contributed by atoms with Crippen LogP contribution in [-0.2, 0) is 9.53 Å². The Morgan fingerprint density at radius 3 is 2.74 bits per heavy atom. The molecule has 5 nitrogen and oxygen atoms in total. The molecule has 0 heterocycles. The lowest BCUT2D eigenvalue weighted by atomic mass is 10.1. The third kappa shape index (κ3) is 5.61. The van der Waals surface area contributed by atoms with Gasteiger partial charge in [-0.1, -0.05) is 19.9 Å². The number of anilines is 1. The second kappa shape index (κ2) is 7.63. The highest BCUT2D eigenvalue weighted by Gasteiger charge is 2.16. The van der Waals surface area contributed by atoms with Crippen LogP contribution in [0.1, 0.15) is 13.8 Å². The number of methoxy groups -OCH3 is 1. The van der Waals surface area contributed by atoms with Crippen LogP contribution >= 0.6 is 0 Å². The molecule has 5 heteroatoms. The monoisotopic (exact) mass is 266 g/mol. The number of amides is 1. The molecule has 1 aromatic rings. The van der Waals surface area contributed by atoms with Crippen LogP contribution in [0, 0.1) is 5.92 Å². The first kappa shape index (κ1) is 15.3. The van der Waals surface area contributed by atoms with Crippen molar-refractivity contribution >= 4 is 11.6 Å². The van der Waals surface area contributed by atoms with Crippen molar-refractivity contribution in [2.24, 2.45) is 5.92 Å². The number of ether oxygens (including phenoxy) is 2. The minimum atomic E-state index is -0.168. The van der Waals surface area contributed by atoms with E-state index in [0.29, 0.717) is 24.0 Å². The summed E-state index contributed by atoms with van der Waals surface area (Å²) in [6.45, 7) is 4.52. The van der Waals surface area contributed by atoms with E-state index in [1.165, 1.54) is 0 Å². The summed E-state index contributed by atoms with van der Waals surface area (Å²) in [6.07, 6.45) is 0. The third-order valence-corrected chi connectivity index (χ3v) is 2.73. The highest BCUT2D eigenvalue weighted by atomic mass is 16.5. The molecule has 0 bridgehead atoms. The van der Waals surface area contributed by atoms with Crippen LogP contribution in [0.25, 0.3) is 0 Å². The largest absolute Gasteiger partial charge is 0.484 e. The first-order valence-corrected chi connectivity index (χ1v) is 6.29. The van der Waals surface area contributed by atoms with E-state index in [1.54, 1.807) is 31.4 Å². The number of hydrogen-bond acceptors (Lipinski definition) is 4. The van der Waals surface area contributed by atoms with Gasteiger partial charge in [0.25, 0.3) is 5.91 Å². The van der Waals surface area contributed by atoms with E-state index in [2.05, 4.69) is 5.32 Å². The molecule has 0 fully saturated rings. The molecule has 0 aromatic heterocycles. The number of nitrogens with one attached hydrogen (secondary N) is 1. The van der Waals surface area contributed by atoms with Crippen molar-refractivity contribution in [2.45, 2.75) is 19.9 Å². The normalized spacial score (nSPS) is 12.2. The molecule has 19 heavy (non-hydrogen) atoms. The first-order valence-electron chi connectivity index (χ1n) is 6.29. The summed E-state index contributed by atoms with van der Waals surface area (Å²) in [7, 11) is 1.62. The van der Waals surface area contributed by atoms with Gasteiger partial charge in [0.15, 0.2) is 6.61 Å². The molecule has 106 valence electrons. The molecule has 0 aliphatic heterocycles. The van der Waals surface area contributed by atoms with Crippen molar-refractivity contribution in [1.29, 1.82) is 0 Å². The van der Waals surface area contributed by atoms with E-state index in [1.807, 2.05) is 13.8 Å². The van der Waals surface area contributed by atoms with E-state index in [9.17, 15) is 4.79 Å². The average molecular weight is 266 g/mol. The molecule has 1 atom stereocenters. The molecular weight excluding hydrogens is 244 g/mol. The first-order chi connectivity index (χ1) is 9.02. The Hall–Kier alpha value is -1.75. The molecule has 0 saturated heterocycles. The summed E-state index contributed by atoms with van der Waals surface area (Å²) >= 11 is 0. The van der Waals surface area contributed by atoms with Crippen molar-refractivity contribution in [2.75, 3.05) is 26.1 Å². The van der Waals surface area contributed by atoms with Crippen LogP contribution in [0.4, 0.5) is 5.69 Å². The number of hydrogen-bond donors (Lipinski definition) is 2. The van der Waals surface area contributed by atoms with Gasteiger partial charge in [0.1, 0.15) is 5.75 Å². The molecule has 0 saturated carbocycles. The molecule has 1 aromatic carbocycles. The summed E-state index contributed by atoms with van der Waals surface area (Å²) in [5, 5.41) is 2.88. The van der Waals surface area contributed by atoms with Gasteiger partial charge in [-0.05, 0) is 18.1 Å². The van der Waals surface area contributed by atoms with Crippen molar-refractivity contribution in [1.82, 2.24) is 5.32 Å². The lowest BCUT2D eigenvalue weighted by Crippen LogP contribution is -2.43. The van der Waals surface area contributed by atoms with Crippen molar-refractivity contribution < 1.29 is 14.3 Å². The zero-order valence-corrected chi connectivity index (χ0v) is 11.7. The topological polar surface area (TPSA) is 73.6 Å². The van der Waals surface area contributed by atoms with Gasteiger partial charge in [-0.15, -0.1) is 0 Å². The minimum absolute atomic E-state index is 0.0121. The zero-order chi connectivity index (χ0) is 14.3. The zero-order valence-electron chi connectivity index (χ0n) is 11.7. The van der Waals surface area contributed by atoms with Gasteiger partial charge in [0.05, 0.1) is 12.6 Å². The van der Waals surface area contributed by atoms with Gasteiger partial charge in [0.2, 0.25) is 0 Å². The quantitative estimate of drug-likeness (QED) is 0.732. The van der Waals surface area contributed by atoms with Gasteiger partial charge in [-0.25, -0.2) is 0 Å². The number of nitrogens with two attached hydrogens (primary N) is 1. The van der Waals surface area contributed by atoms with E-state index >= 15 is 0 Å². The predicted octanol–water partition coefficient (Wildman–Crippen LogP) is 1.43. The lowest BCUT2D eigenvalue weighted by molar-refractivity contribution is -0.124. The van der Waals surface area contributed by atoms with E-state index in [4.69, 9.17) is 15.2 Å². The molecule has 3 N–H and O–H groups in total. The molecule has 0 spiro atoms. The van der Waals surface area contributed by atoms with Gasteiger partial charge in [-0.2, -0.15) is 0 Å². The van der Waals surface area contributed by atoms with Crippen LogP contribution in [0.2, 0.25) is 0 Å². The number of nitrogen functional groups attached to an aromatic ring is 1. The van der Waals surface area contributed by atoms with E-state index in [-0.39, 0.29) is 18.6 Å². The number of carbonyl (C=O) groups excluding carboxylic acids is 1. The second-order valence-corrected chi connectivity index (χ2v) is 4.73. The van der Waals surface area contributed by atoms with Crippen LogP contribution in [-0.4, -0.2) is 32.3 Å². The SMILES string of the molecule is COCC(NC(=O)COc1cccc(N)c1)C(C)C. The number of benzene rings is 1. The highest BCUT2D eigenvalue weighted by molar-refractivity contribution is 5.77. The Morgan fingerprint density at radius 2 is 2.16 bits per heavy atom. The van der Waals surface area contributed by atoms with Gasteiger partial charge >= 0.3 is 0 Å². The molecular formula is C14H22N2O3. The number of carbonyl (C=O) groups is 1. The standard InChI is InChI=1S/C14H22N2O3/c1-10(2)13(8-18-3)16-14(17)9-19-12-6-4-5-11(15)7-12/h4-7,10,13H,8-9,15H2,1-3H3,(H,16,17). The van der Waals surface area contributed by atoms with Gasteiger partial charge in [0, 0.05) is 18.9 Å². The molecule has 0 aliphatic carbocycles. The fraction of sp³-hybridized carbons (Fsp3) is 0.500. The summed E-state index contributed by atoms with van der Waals surface area (Å²) in [6, 6.07) is 6.98. The third-order valence-electron chi connectivity index (χ3n) is 2.73. The van der Waals surface area contributed by atoms with Gasteiger partial charge < -0.3 is 20.5 Å². The molecule has 1 rings (SSSR count). The van der Waals surface area contributed by atoms with Crippen molar-refractivity contribution in [3.05, 3.63) is 24.3 Å². The fourth-order valence-corrected chi connectivity index (χ4v) is 1.58. The maximum atomic E-state index is 11.8. The Labute approximate surface area is 114 Å². The predicted molar refractivity (Wildman–Crippen MR) is 75.0 cm³/mol. The summed E-state index contributed by atoms with van der Waals surface area (Å²) in [5.74, 6) is 0.720. The Bertz CT molecular complexity index is 407. The van der Waals surface area contributed by atoms with Crippen LogP contribution in [0.3, 0.4) is 0 Å². The summed E-state index contributed by atoms with van der Waals surface area (Å²) in [4.78, 5) is 11.8. The lowest BCUT2D eigenvalue weighted by Gasteiger charge is -2.21. The number of rotatable bonds is 7. The maximum absolute atomic E-state index is 11.8. The smallest absolute Gasteiger partial charge is 0.258 e. The molecule has 1 amide bonds. The molecule has 0 radical (unpaired) electrons. The Balaban J connectivity index is 2.42. The Morgan fingerprint density at radius 1 is 1.42 bits per heavy atom. The highest BCUT2D eigenvalue weighted by Crippen LogP contribution is 2.14. The molecule has 0 aliphatic rings. The summed E-state index contributed by atoms with van der Waals surface area (Å²) in [5.41, 5.74) is 6.24. The van der Waals surface area contributed by atoms with Gasteiger partial charge in [-0.3, -0.25) is 4.79 Å². The van der Waals surface area contributed by atoms with E-state index < -0.39 is 0 Å². The molecule has 1 unspecified atom stereocenters. The summed E-state index contributed by atoms with van der Waals surface area (Å²) < 4.78 is 10.4. The van der Waals surface area contributed by atoms with Crippen LogP contribution in [0.15, 0.2) is 24.3 Å². The van der Waals surface area contributed by atoms with E-state index in [0.717, 1.165) is 0 Å². The van der Waals surface area contributed by atoms with Crippen LogP contribution < -0.4 is 15.8 Å². The Kier molecular flexibility index (Phi) is 6.15. The average Bonchev–Trinajstić information content (AvgIpc) is 2.36. The maximum Gasteiger partial charge on any atom is 0.258 e. The van der Waals surface area contributed by atoms with Crippen LogP contribution in [0.5, 0.6) is 5.75 Å². The second-order valence-electron chi connectivity index (χ2n) is 4.73. The van der Waals surface area contributed by atoms with Crippen molar-refractivity contribution in [3.63, 3.8) is 0 Å². The minimum Gasteiger partial charge on any atom is -0.484 e.